The van der Waals surface area contributed by atoms with E-state index in [0.29, 0.717) is 0 Å². The number of rotatable bonds is 4. The van der Waals surface area contributed by atoms with Gasteiger partial charge in [0.15, 0.2) is 0 Å². The third kappa shape index (κ3) is 3.14. The fourth-order valence-corrected chi connectivity index (χ4v) is 1.79. The maximum Gasteiger partial charge on any atom is 0.0705 e. The van der Waals surface area contributed by atoms with Gasteiger partial charge in [0.05, 0.1) is 5.52 Å². The van der Waals surface area contributed by atoms with Gasteiger partial charge in [-0.1, -0.05) is 29.8 Å². The van der Waals surface area contributed by atoms with Gasteiger partial charge in [0, 0.05) is 24.7 Å². The van der Waals surface area contributed by atoms with Crippen molar-refractivity contribution in [1.82, 2.24) is 10.3 Å². The van der Waals surface area contributed by atoms with Crippen LogP contribution in [0.4, 0.5) is 0 Å². The predicted octanol–water partition coefficient (Wildman–Crippen LogP) is 3.29. The molecule has 0 aliphatic rings. The molecule has 0 spiro atoms. The Hall–Kier alpha value is -1.67. The summed E-state index contributed by atoms with van der Waals surface area (Å²) in [6, 6.07) is 10.3. The highest BCUT2D eigenvalue weighted by molar-refractivity contribution is 5.81. The molecule has 0 unspecified atom stereocenters. The number of nitrogens with one attached hydrogen (secondary N) is 1. The van der Waals surface area contributed by atoms with E-state index in [-0.39, 0.29) is 0 Å². The lowest BCUT2D eigenvalue weighted by Gasteiger charge is -2.06. The Morgan fingerprint density at radius 1 is 1.24 bits per heavy atom. The third-order valence-electron chi connectivity index (χ3n) is 2.71. The van der Waals surface area contributed by atoms with Gasteiger partial charge < -0.3 is 5.32 Å². The molecule has 1 N–H and O–H groups in total. The number of allylic oxidation sites excluding steroid dienone is 1. The highest BCUT2D eigenvalue weighted by atomic mass is 14.8. The van der Waals surface area contributed by atoms with Crippen LogP contribution in [0.2, 0.25) is 0 Å². The molecule has 17 heavy (non-hydrogen) atoms. The Kier molecular flexibility index (Phi) is 3.89. The molecule has 0 saturated carbocycles. The summed E-state index contributed by atoms with van der Waals surface area (Å²) in [5.74, 6) is 0. The van der Waals surface area contributed by atoms with Crippen molar-refractivity contribution in [1.29, 1.82) is 0 Å². The summed E-state index contributed by atoms with van der Waals surface area (Å²) in [4.78, 5) is 4.36. The minimum Gasteiger partial charge on any atom is -0.309 e. The molecule has 0 atom stereocenters. The average Bonchev–Trinajstić information content (AvgIpc) is 2.34. The van der Waals surface area contributed by atoms with Gasteiger partial charge in [0.25, 0.3) is 0 Å². The van der Waals surface area contributed by atoms with Crippen LogP contribution in [0.5, 0.6) is 0 Å². The van der Waals surface area contributed by atoms with Gasteiger partial charge in [0.1, 0.15) is 0 Å². The normalized spacial score (nSPS) is 10.5. The van der Waals surface area contributed by atoms with Gasteiger partial charge in [-0.2, -0.15) is 0 Å². The first-order valence-electron chi connectivity index (χ1n) is 5.94. The van der Waals surface area contributed by atoms with Crippen LogP contribution in [0.1, 0.15) is 19.4 Å². The maximum absolute atomic E-state index is 4.36. The summed E-state index contributed by atoms with van der Waals surface area (Å²) in [6.45, 7) is 6.03. The molecule has 2 aromatic rings. The Bertz CT molecular complexity index is 520. The van der Waals surface area contributed by atoms with Crippen LogP contribution < -0.4 is 5.32 Å². The second-order valence-corrected chi connectivity index (χ2v) is 4.40. The number of benzene rings is 1. The molecule has 0 radical (unpaired) electrons. The van der Waals surface area contributed by atoms with E-state index in [0.717, 1.165) is 18.6 Å². The summed E-state index contributed by atoms with van der Waals surface area (Å²) in [5.41, 5.74) is 3.71. The molecule has 0 aliphatic carbocycles. The van der Waals surface area contributed by atoms with Gasteiger partial charge in [-0.05, 0) is 31.5 Å². The van der Waals surface area contributed by atoms with Crippen molar-refractivity contribution >= 4 is 10.9 Å². The topological polar surface area (TPSA) is 24.9 Å². The quantitative estimate of drug-likeness (QED) is 0.639. The van der Waals surface area contributed by atoms with Crippen LogP contribution in [-0.2, 0) is 6.54 Å². The van der Waals surface area contributed by atoms with Crippen molar-refractivity contribution in [3.8, 4) is 0 Å². The molecule has 88 valence electrons. The Labute approximate surface area is 102 Å². The van der Waals surface area contributed by atoms with Gasteiger partial charge in [-0.25, -0.2) is 0 Å². The predicted molar refractivity (Wildman–Crippen MR) is 72.9 cm³/mol. The Morgan fingerprint density at radius 3 is 2.88 bits per heavy atom. The molecule has 0 fully saturated rings. The zero-order valence-corrected chi connectivity index (χ0v) is 10.4. The number of aromatic nitrogens is 1. The first-order chi connectivity index (χ1) is 8.27. The Morgan fingerprint density at radius 2 is 2.06 bits per heavy atom. The SMILES string of the molecule is CC(C)=CCNCc1ccnc2ccccc12. The van der Waals surface area contributed by atoms with E-state index in [9.17, 15) is 0 Å². The molecule has 2 nitrogen and oxygen atoms in total. The Balaban J connectivity index is 2.11. The molecular formula is C15H18N2. The lowest BCUT2D eigenvalue weighted by molar-refractivity contribution is 0.760. The average molecular weight is 226 g/mol. The standard InChI is InChI=1S/C15H18N2/c1-12(2)7-9-16-11-13-8-10-17-15-6-4-3-5-14(13)15/h3-8,10,16H,9,11H2,1-2H3. The number of fused-ring (bicyclic) bond motifs is 1. The van der Waals surface area contributed by atoms with E-state index >= 15 is 0 Å². The van der Waals surface area contributed by atoms with Crippen LogP contribution in [0.15, 0.2) is 48.2 Å². The van der Waals surface area contributed by atoms with Crippen LogP contribution in [-0.4, -0.2) is 11.5 Å². The molecule has 0 aliphatic heterocycles. The molecule has 2 rings (SSSR count). The molecular weight excluding hydrogens is 208 g/mol. The summed E-state index contributed by atoms with van der Waals surface area (Å²) < 4.78 is 0. The second-order valence-electron chi connectivity index (χ2n) is 4.40. The molecule has 2 heteroatoms. The van der Waals surface area contributed by atoms with E-state index in [1.165, 1.54) is 16.5 Å². The number of para-hydroxylation sites is 1. The number of hydrogen-bond donors (Lipinski definition) is 1. The fourth-order valence-electron chi connectivity index (χ4n) is 1.79. The van der Waals surface area contributed by atoms with Crippen LogP contribution in [0.3, 0.4) is 0 Å². The number of nitrogens with zero attached hydrogens (tertiary/aromatic N) is 1. The molecule has 1 heterocycles. The summed E-state index contributed by atoms with van der Waals surface area (Å²) in [5, 5.41) is 4.66. The third-order valence-corrected chi connectivity index (χ3v) is 2.71. The number of hydrogen-bond acceptors (Lipinski definition) is 2. The summed E-state index contributed by atoms with van der Waals surface area (Å²) in [6.07, 6.45) is 4.07. The van der Waals surface area contributed by atoms with Crippen LogP contribution in [0.25, 0.3) is 10.9 Å². The summed E-state index contributed by atoms with van der Waals surface area (Å²) >= 11 is 0. The number of pyridine rings is 1. The lowest BCUT2D eigenvalue weighted by Crippen LogP contribution is -2.13. The van der Waals surface area contributed by atoms with Crippen molar-refractivity contribution in [2.45, 2.75) is 20.4 Å². The van der Waals surface area contributed by atoms with Crippen molar-refractivity contribution in [3.63, 3.8) is 0 Å². The minimum absolute atomic E-state index is 0.882. The zero-order valence-electron chi connectivity index (χ0n) is 10.4. The van der Waals surface area contributed by atoms with Gasteiger partial charge in [-0.3, -0.25) is 4.98 Å². The first-order valence-corrected chi connectivity index (χ1v) is 5.94. The van der Waals surface area contributed by atoms with Crippen molar-refractivity contribution in [3.05, 3.63) is 53.7 Å². The lowest BCUT2D eigenvalue weighted by atomic mass is 10.1. The van der Waals surface area contributed by atoms with Crippen molar-refractivity contribution in [2.24, 2.45) is 0 Å². The smallest absolute Gasteiger partial charge is 0.0705 e. The monoisotopic (exact) mass is 226 g/mol. The molecule has 1 aromatic heterocycles. The van der Waals surface area contributed by atoms with E-state index in [1.807, 2.05) is 12.3 Å². The van der Waals surface area contributed by atoms with E-state index in [4.69, 9.17) is 0 Å². The van der Waals surface area contributed by atoms with Gasteiger partial charge in [0.2, 0.25) is 0 Å². The van der Waals surface area contributed by atoms with Gasteiger partial charge >= 0.3 is 0 Å². The largest absolute Gasteiger partial charge is 0.309 e. The molecule has 0 bridgehead atoms. The van der Waals surface area contributed by atoms with Crippen molar-refractivity contribution < 1.29 is 0 Å². The highest BCUT2D eigenvalue weighted by Gasteiger charge is 1.99. The van der Waals surface area contributed by atoms with Crippen LogP contribution >= 0.6 is 0 Å². The van der Waals surface area contributed by atoms with Crippen molar-refractivity contribution in [2.75, 3.05) is 6.54 Å². The fraction of sp³-hybridized carbons (Fsp3) is 0.267. The zero-order chi connectivity index (χ0) is 12.1. The van der Waals surface area contributed by atoms with Crippen LogP contribution in [0, 0.1) is 0 Å². The van der Waals surface area contributed by atoms with E-state index < -0.39 is 0 Å². The van der Waals surface area contributed by atoms with E-state index in [1.54, 1.807) is 0 Å². The maximum atomic E-state index is 4.36. The molecule has 0 saturated heterocycles. The van der Waals surface area contributed by atoms with Gasteiger partial charge in [-0.15, -0.1) is 0 Å². The molecule has 0 amide bonds. The summed E-state index contributed by atoms with van der Waals surface area (Å²) in [7, 11) is 0. The highest BCUT2D eigenvalue weighted by Crippen LogP contribution is 2.15. The second kappa shape index (κ2) is 5.60. The van der Waals surface area contributed by atoms with E-state index in [2.05, 4.69) is 54.5 Å². The molecule has 1 aromatic carbocycles. The minimum atomic E-state index is 0.882. The first kappa shape index (κ1) is 11.8.